The summed E-state index contributed by atoms with van der Waals surface area (Å²) in [6.07, 6.45) is 11.8. The van der Waals surface area contributed by atoms with Crippen LogP contribution in [0, 0.1) is 23.7 Å². The maximum atomic E-state index is 11.9. The monoisotopic (exact) mass is 219 g/mol. The molecule has 1 N–H and O–H groups in total. The highest BCUT2D eigenvalue weighted by Gasteiger charge is 2.47. The molecule has 3 atom stereocenters. The Morgan fingerprint density at radius 1 is 1.19 bits per heavy atom. The molecule has 3 rings (SSSR count). The van der Waals surface area contributed by atoms with Crippen LogP contribution < -0.4 is 5.32 Å². The fourth-order valence-electron chi connectivity index (χ4n) is 3.36. The minimum absolute atomic E-state index is 0.335. The van der Waals surface area contributed by atoms with E-state index in [2.05, 4.69) is 17.5 Å². The molecule has 0 aromatic heterocycles. The molecule has 88 valence electrons. The zero-order valence-electron chi connectivity index (χ0n) is 9.82. The number of carbonyl (C=O) groups excluding carboxylic acids is 1. The van der Waals surface area contributed by atoms with E-state index in [0.29, 0.717) is 17.7 Å². The van der Waals surface area contributed by atoms with Crippen LogP contribution in [0.15, 0.2) is 12.2 Å². The number of allylic oxidation sites excluding steroid dienone is 2. The van der Waals surface area contributed by atoms with Crippen LogP contribution in [0.3, 0.4) is 0 Å². The van der Waals surface area contributed by atoms with Crippen molar-refractivity contribution >= 4 is 5.91 Å². The second-order valence-corrected chi connectivity index (χ2v) is 5.82. The molecule has 0 bridgehead atoms. The number of nitrogens with one attached hydrogen (secondary N) is 1. The maximum Gasteiger partial charge on any atom is 0.223 e. The van der Waals surface area contributed by atoms with E-state index in [-0.39, 0.29) is 0 Å². The van der Waals surface area contributed by atoms with Gasteiger partial charge >= 0.3 is 0 Å². The largest absolute Gasteiger partial charge is 0.356 e. The molecule has 16 heavy (non-hydrogen) atoms. The number of hydrogen-bond donors (Lipinski definition) is 1. The number of rotatable bonds is 3. The highest BCUT2D eigenvalue weighted by molar-refractivity contribution is 5.79. The molecule has 0 aromatic carbocycles. The van der Waals surface area contributed by atoms with Crippen LogP contribution in [0.5, 0.6) is 0 Å². The van der Waals surface area contributed by atoms with Gasteiger partial charge in [0.05, 0.1) is 0 Å². The third-order valence-corrected chi connectivity index (χ3v) is 4.56. The topological polar surface area (TPSA) is 29.1 Å². The SMILES string of the molecule is O=C(NCC1CC=CCC1)C1CC2CC2C1. The lowest BCUT2D eigenvalue weighted by atomic mass is 9.94. The van der Waals surface area contributed by atoms with Gasteiger partial charge in [0.25, 0.3) is 0 Å². The molecule has 1 amide bonds. The van der Waals surface area contributed by atoms with Gasteiger partial charge in [0, 0.05) is 12.5 Å². The molecule has 2 fully saturated rings. The van der Waals surface area contributed by atoms with E-state index in [4.69, 9.17) is 0 Å². The Hall–Kier alpha value is -0.790. The first kappa shape index (κ1) is 10.4. The van der Waals surface area contributed by atoms with Crippen molar-refractivity contribution in [2.75, 3.05) is 6.54 Å². The first-order chi connectivity index (χ1) is 7.83. The van der Waals surface area contributed by atoms with Crippen LogP contribution in [0.1, 0.15) is 38.5 Å². The second-order valence-electron chi connectivity index (χ2n) is 5.82. The van der Waals surface area contributed by atoms with Gasteiger partial charge in [-0.1, -0.05) is 12.2 Å². The average molecular weight is 219 g/mol. The fraction of sp³-hybridized carbons (Fsp3) is 0.786. The quantitative estimate of drug-likeness (QED) is 0.726. The third-order valence-electron chi connectivity index (χ3n) is 4.56. The van der Waals surface area contributed by atoms with Crippen molar-refractivity contribution in [3.8, 4) is 0 Å². The lowest BCUT2D eigenvalue weighted by Gasteiger charge is -2.19. The van der Waals surface area contributed by atoms with Gasteiger partial charge in [0.1, 0.15) is 0 Å². The van der Waals surface area contributed by atoms with Crippen molar-refractivity contribution in [3.05, 3.63) is 12.2 Å². The third kappa shape index (κ3) is 2.16. The number of fused-ring (bicyclic) bond motifs is 1. The van der Waals surface area contributed by atoms with Crippen LogP contribution >= 0.6 is 0 Å². The molecule has 3 aliphatic carbocycles. The van der Waals surface area contributed by atoms with E-state index < -0.39 is 0 Å². The van der Waals surface area contributed by atoms with Gasteiger partial charge in [-0.2, -0.15) is 0 Å². The fourth-order valence-corrected chi connectivity index (χ4v) is 3.36. The van der Waals surface area contributed by atoms with E-state index in [1.54, 1.807) is 0 Å². The summed E-state index contributed by atoms with van der Waals surface area (Å²) in [7, 11) is 0. The molecule has 0 saturated heterocycles. The van der Waals surface area contributed by atoms with Gasteiger partial charge < -0.3 is 5.32 Å². The van der Waals surface area contributed by atoms with Crippen LogP contribution in [-0.2, 0) is 4.79 Å². The van der Waals surface area contributed by atoms with Gasteiger partial charge in [-0.15, -0.1) is 0 Å². The van der Waals surface area contributed by atoms with Crippen LogP contribution in [-0.4, -0.2) is 12.5 Å². The molecule has 0 spiro atoms. The van der Waals surface area contributed by atoms with E-state index in [0.717, 1.165) is 24.8 Å². The molecule has 2 saturated carbocycles. The Kier molecular flexibility index (Phi) is 2.74. The summed E-state index contributed by atoms with van der Waals surface area (Å²) in [6, 6.07) is 0. The van der Waals surface area contributed by atoms with Crippen LogP contribution in [0.4, 0.5) is 0 Å². The van der Waals surface area contributed by atoms with Gasteiger partial charge in [-0.3, -0.25) is 4.79 Å². The number of amides is 1. The predicted molar refractivity (Wildman–Crippen MR) is 63.8 cm³/mol. The molecule has 3 unspecified atom stereocenters. The Balaban J connectivity index is 1.41. The van der Waals surface area contributed by atoms with Crippen molar-refractivity contribution in [3.63, 3.8) is 0 Å². The molecule has 0 radical (unpaired) electrons. The van der Waals surface area contributed by atoms with Crippen molar-refractivity contribution in [1.82, 2.24) is 5.32 Å². The van der Waals surface area contributed by atoms with Gasteiger partial charge in [-0.25, -0.2) is 0 Å². The lowest BCUT2D eigenvalue weighted by molar-refractivity contribution is -0.125. The zero-order chi connectivity index (χ0) is 11.0. The molecule has 0 aliphatic heterocycles. The summed E-state index contributed by atoms with van der Waals surface area (Å²) < 4.78 is 0. The molecular formula is C14H21NO. The minimum Gasteiger partial charge on any atom is -0.356 e. The highest BCUT2D eigenvalue weighted by atomic mass is 16.1. The molecule has 3 aliphatic rings. The first-order valence-electron chi connectivity index (χ1n) is 6.75. The van der Waals surface area contributed by atoms with Crippen molar-refractivity contribution in [2.45, 2.75) is 38.5 Å². The molecule has 0 heterocycles. The Bertz CT molecular complexity index is 300. The summed E-state index contributed by atoms with van der Waals surface area (Å²) in [5.74, 6) is 3.19. The molecular weight excluding hydrogens is 198 g/mol. The lowest BCUT2D eigenvalue weighted by Crippen LogP contribution is -2.34. The summed E-state index contributed by atoms with van der Waals surface area (Å²) in [5.41, 5.74) is 0. The molecule has 2 nitrogen and oxygen atoms in total. The predicted octanol–water partition coefficient (Wildman–Crippen LogP) is 2.51. The van der Waals surface area contributed by atoms with Gasteiger partial charge in [0.15, 0.2) is 0 Å². The number of hydrogen-bond acceptors (Lipinski definition) is 1. The standard InChI is InChI=1S/C14H21NO/c16-14(13-7-11-6-12(11)8-13)15-9-10-4-2-1-3-5-10/h1-2,10-13H,3-9H2,(H,15,16). The maximum absolute atomic E-state index is 11.9. The Labute approximate surface area is 97.5 Å². The van der Waals surface area contributed by atoms with Crippen LogP contribution in [0.2, 0.25) is 0 Å². The van der Waals surface area contributed by atoms with Crippen LogP contribution in [0.25, 0.3) is 0 Å². The van der Waals surface area contributed by atoms with Crippen molar-refractivity contribution in [1.29, 1.82) is 0 Å². The summed E-state index contributed by atoms with van der Waals surface area (Å²) in [5, 5.41) is 3.16. The second kappa shape index (κ2) is 4.23. The smallest absolute Gasteiger partial charge is 0.223 e. The average Bonchev–Trinajstić information content (AvgIpc) is 2.94. The van der Waals surface area contributed by atoms with E-state index >= 15 is 0 Å². The van der Waals surface area contributed by atoms with Crippen molar-refractivity contribution < 1.29 is 4.79 Å². The molecule has 0 aromatic rings. The van der Waals surface area contributed by atoms with E-state index in [1.165, 1.54) is 32.1 Å². The first-order valence-corrected chi connectivity index (χ1v) is 6.75. The van der Waals surface area contributed by atoms with Gasteiger partial charge in [0.2, 0.25) is 5.91 Å². The van der Waals surface area contributed by atoms with E-state index in [1.807, 2.05) is 0 Å². The van der Waals surface area contributed by atoms with Gasteiger partial charge in [-0.05, 0) is 56.3 Å². The Morgan fingerprint density at radius 2 is 2.00 bits per heavy atom. The normalized spacial score (nSPS) is 40.5. The highest BCUT2D eigenvalue weighted by Crippen LogP contribution is 2.54. The summed E-state index contributed by atoms with van der Waals surface area (Å²) in [4.78, 5) is 11.9. The van der Waals surface area contributed by atoms with E-state index in [9.17, 15) is 4.79 Å². The minimum atomic E-state index is 0.335. The summed E-state index contributed by atoms with van der Waals surface area (Å²) >= 11 is 0. The number of carbonyl (C=O) groups is 1. The zero-order valence-corrected chi connectivity index (χ0v) is 9.82. The Morgan fingerprint density at radius 3 is 2.69 bits per heavy atom. The van der Waals surface area contributed by atoms with Crippen molar-refractivity contribution in [2.24, 2.45) is 23.7 Å². The summed E-state index contributed by atoms with van der Waals surface area (Å²) in [6.45, 7) is 0.898. The molecule has 2 heteroatoms.